The Morgan fingerprint density at radius 2 is 1.83 bits per heavy atom. The van der Waals surface area contributed by atoms with E-state index in [1.165, 1.54) is 32.4 Å². The van der Waals surface area contributed by atoms with Gasteiger partial charge in [-0.2, -0.15) is 0 Å². The molecule has 1 aromatic carbocycles. The third-order valence-corrected chi connectivity index (χ3v) is 5.49. The Bertz CT molecular complexity index is 513. The number of rotatable bonds is 4. The molecule has 3 unspecified atom stereocenters. The van der Waals surface area contributed by atoms with Gasteiger partial charge >= 0.3 is 0 Å². The zero-order valence-electron chi connectivity index (χ0n) is 14.2. The highest BCUT2D eigenvalue weighted by Crippen LogP contribution is 2.25. The molecule has 1 aromatic rings. The van der Waals surface area contributed by atoms with Gasteiger partial charge in [-0.3, -0.25) is 9.69 Å². The summed E-state index contributed by atoms with van der Waals surface area (Å²) in [5.74, 6) is 0.0402. The monoisotopic (exact) mass is 315 g/mol. The summed E-state index contributed by atoms with van der Waals surface area (Å²) < 4.78 is 0. The number of benzene rings is 1. The molecule has 0 spiro atoms. The van der Waals surface area contributed by atoms with Crippen LogP contribution in [0.5, 0.6) is 0 Å². The van der Waals surface area contributed by atoms with Crippen LogP contribution in [0, 0.1) is 5.92 Å². The summed E-state index contributed by atoms with van der Waals surface area (Å²) >= 11 is 0. The fourth-order valence-corrected chi connectivity index (χ4v) is 3.93. The molecule has 4 nitrogen and oxygen atoms in total. The lowest BCUT2D eigenvalue weighted by Gasteiger charge is -2.32. The Labute approximate surface area is 139 Å². The summed E-state index contributed by atoms with van der Waals surface area (Å²) in [4.78, 5) is 17.4. The van der Waals surface area contributed by atoms with Gasteiger partial charge in [0.05, 0.1) is 5.92 Å². The standard InChI is InChI=1S/C19H29N3O/c1-15(18(20)16-8-4-2-5-9-16)19(23)22-13-10-17(14-22)21-11-6-3-7-12-21/h2,4-5,8-9,15,17-18H,3,6-7,10-14,20H2,1H3. The SMILES string of the molecule is CC(C(=O)N1CCC(N2CCCCC2)C1)C(N)c1ccccc1. The highest BCUT2D eigenvalue weighted by Gasteiger charge is 2.34. The van der Waals surface area contributed by atoms with Crippen LogP contribution >= 0.6 is 0 Å². The van der Waals surface area contributed by atoms with E-state index in [4.69, 9.17) is 5.73 Å². The summed E-state index contributed by atoms with van der Waals surface area (Å²) in [6, 6.07) is 10.3. The Morgan fingerprint density at radius 3 is 2.52 bits per heavy atom. The van der Waals surface area contributed by atoms with E-state index in [0.29, 0.717) is 6.04 Å². The van der Waals surface area contributed by atoms with Crippen LogP contribution in [0.3, 0.4) is 0 Å². The van der Waals surface area contributed by atoms with Crippen molar-refractivity contribution in [3.63, 3.8) is 0 Å². The zero-order valence-corrected chi connectivity index (χ0v) is 14.2. The van der Waals surface area contributed by atoms with Crippen molar-refractivity contribution < 1.29 is 4.79 Å². The van der Waals surface area contributed by atoms with E-state index in [-0.39, 0.29) is 17.9 Å². The minimum Gasteiger partial charge on any atom is -0.341 e. The minimum atomic E-state index is -0.224. The summed E-state index contributed by atoms with van der Waals surface area (Å²) in [7, 11) is 0. The van der Waals surface area contributed by atoms with Crippen molar-refractivity contribution >= 4 is 5.91 Å². The van der Waals surface area contributed by atoms with Crippen LogP contribution in [0.15, 0.2) is 30.3 Å². The maximum Gasteiger partial charge on any atom is 0.227 e. The first-order chi connectivity index (χ1) is 11.2. The lowest BCUT2D eigenvalue weighted by atomic mass is 9.94. The van der Waals surface area contributed by atoms with Gasteiger partial charge in [-0.05, 0) is 37.9 Å². The van der Waals surface area contributed by atoms with Gasteiger partial charge in [0.1, 0.15) is 0 Å². The summed E-state index contributed by atoms with van der Waals surface area (Å²) in [6.07, 6.45) is 5.08. The third-order valence-electron chi connectivity index (χ3n) is 5.49. The molecule has 0 radical (unpaired) electrons. The lowest BCUT2D eigenvalue weighted by Crippen LogP contribution is -2.43. The van der Waals surface area contributed by atoms with Gasteiger partial charge in [-0.15, -0.1) is 0 Å². The number of hydrogen-bond donors (Lipinski definition) is 1. The van der Waals surface area contributed by atoms with Gasteiger partial charge in [-0.1, -0.05) is 43.7 Å². The highest BCUT2D eigenvalue weighted by atomic mass is 16.2. The van der Waals surface area contributed by atoms with Gasteiger partial charge in [0, 0.05) is 25.2 Å². The van der Waals surface area contributed by atoms with E-state index < -0.39 is 0 Å². The quantitative estimate of drug-likeness (QED) is 0.928. The average molecular weight is 315 g/mol. The third kappa shape index (κ3) is 3.75. The van der Waals surface area contributed by atoms with E-state index in [2.05, 4.69) is 4.90 Å². The maximum absolute atomic E-state index is 12.8. The van der Waals surface area contributed by atoms with Gasteiger partial charge in [-0.25, -0.2) is 0 Å². The number of carbonyl (C=O) groups is 1. The van der Waals surface area contributed by atoms with Crippen LogP contribution in [-0.4, -0.2) is 47.9 Å². The van der Waals surface area contributed by atoms with Crippen LogP contribution in [-0.2, 0) is 4.79 Å². The fraction of sp³-hybridized carbons (Fsp3) is 0.632. The van der Waals surface area contributed by atoms with E-state index in [1.807, 2.05) is 42.2 Å². The van der Waals surface area contributed by atoms with E-state index in [1.54, 1.807) is 0 Å². The first kappa shape index (κ1) is 16.5. The van der Waals surface area contributed by atoms with Crippen molar-refractivity contribution in [1.82, 2.24) is 9.80 Å². The topological polar surface area (TPSA) is 49.6 Å². The van der Waals surface area contributed by atoms with Crippen molar-refractivity contribution in [3.05, 3.63) is 35.9 Å². The van der Waals surface area contributed by atoms with Gasteiger partial charge < -0.3 is 10.6 Å². The molecule has 2 fully saturated rings. The molecule has 2 N–H and O–H groups in total. The van der Waals surface area contributed by atoms with Crippen LogP contribution in [0.4, 0.5) is 0 Å². The molecule has 3 atom stereocenters. The number of hydrogen-bond acceptors (Lipinski definition) is 3. The predicted molar refractivity (Wildman–Crippen MR) is 92.9 cm³/mol. The molecule has 0 aromatic heterocycles. The van der Waals surface area contributed by atoms with Crippen LogP contribution < -0.4 is 5.73 Å². The molecule has 4 heteroatoms. The molecule has 2 heterocycles. The molecule has 2 aliphatic heterocycles. The molecule has 0 aliphatic carbocycles. The lowest BCUT2D eigenvalue weighted by molar-refractivity contribution is -0.134. The van der Waals surface area contributed by atoms with Crippen molar-refractivity contribution in [3.8, 4) is 0 Å². The predicted octanol–water partition coefficient (Wildman–Crippen LogP) is 2.41. The number of amides is 1. The first-order valence-corrected chi connectivity index (χ1v) is 9.00. The van der Waals surface area contributed by atoms with Gasteiger partial charge in [0.25, 0.3) is 0 Å². The molecule has 23 heavy (non-hydrogen) atoms. The average Bonchev–Trinajstić information content (AvgIpc) is 3.11. The molecule has 3 rings (SSSR count). The maximum atomic E-state index is 12.8. The molecule has 2 saturated heterocycles. The van der Waals surface area contributed by atoms with Crippen LogP contribution in [0.1, 0.15) is 44.2 Å². The molecule has 1 amide bonds. The smallest absolute Gasteiger partial charge is 0.227 e. The van der Waals surface area contributed by atoms with Gasteiger partial charge in [0.2, 0.25) is 5.91 Å². The fourth-order valence-electron chi connectivity index (χ4n) is 3.93. The largest absolute Gasteiger partial charge is 0.341 e. The molecular weight excluding hydrogens is 286 g/mol. The number of carbonyl (C=O) groups excluding carboxylic acids is 1. The molecular formula is C19H29N3O. The summed E-state index contributed by atoms with van der Waals surface area (Å²) in [5, 5.41) is 0. The number of piperidine rings is 1. The highest BCUT2D eigenvalue weighted by molar-refractivity contribution is 5.79. The summed E-state index contributed by atoms with van der Waals surface area (Å²) in [6.45, 7) is 6.13. The number of nitrogens with zero attached hydrogens (tertiary/aromatic N) is 2. The minimum absolute atomic E-state index is 0.169. The molecule has 0 saturated carbocycles. The van der Waals surface area contributed by atoms with E-state index in [9.17, 15) is 4.79 Å². The molecule has 126 valence electrons. The van der Waals surface area contributed by atoms with Gasteiger partial charge in [0.15, 0.2) is 0 Å². The Kier molecular flexibility index (Phi) is 5.34. The number of nitrogens with two attached hydrogens (primary N) is 1. The van der Waals surface area contributed by atoms with Crippen molar-refractivity contribution in [2.45, 2.75) is 44.7 Å². The van der Waals surface area contributed by atoms with E-state index in [0.717, 1.165) is 25.1 Å². The second-order valence-corrected chi connectivity index (χ2v) is 7.05. The van der Waals surface area contributed by atoms with Crippen molar-refractivity contribution in [2.24, 2.45) is 11.7 Å². The van der Waals surface area contributed by atoms with Crippen molar-refractivity contribution in [2.75, 3.05) is 26.2 Å². The number of likely N-dealkylation sites (tertiary alicyclic amines) is 2. The van der Waals surface area contributed by atoms with Crippen molar-refractivity contribution in [1.29, 1.82) is 0 Å². The molecule has 0 bridgehead atoms. The first-order valence-electron chi connectivity index (χ1n) is 9.00. The molecule has 2 aliphatic rings. The Hall–Kier alpha value is -1.39. The Balaban J connectivity index is 1.57. The second kappa shape index (κ2) is 7.45. The van der Waals surface area contributed by atoms with E-state index >= 15 is 0 Å². The summed E-state index contributed by atoms with van der Waals surface area (Å²) in [5.41, 5.74) is 7.37. The normalized spacial score (nSPS) is 25.3. The Morgan fingerprint density at radius 1 is 1.13 bits per heavy atom. The second-order valence-electron chi connectivity index (χ2n) is 7.05. The van der Waals surface area contributed by atoms with Crippen LogP contribution in [0.2, 0.25) is 0 Å². The van der Waals surface area contributed by atoms with Crippen LogP contribution in [0.25, 0.3) is 0 Å². The zero-order chi connectivity index (χ0) is 16.2.